The van der Waals surface area contributed by atoms with Crippen LogP contribution in [0.1, 0.15) is 52.0 Å². The molecule has 0 aliphatic carbocycles. The number of imidazole rings is 1. The van der Waals surface area contributed by atoms with E-state index in [1.807, 2.05) is 6.07 Å². The molecule has 4 rings (SSSR count). The maximum Gasteiger partial charge on any atom is 0.269 e. The van der Waals surface area contributed by atoms with Crippen LogP contribution >= 0.6 is 22.6 Å². The van der Waals surface area contributed by atoms with E-state index >= 15 is 0 Å². The van der Waals surface area contributed by atoms with Crippen LogP contribution in [0.15, 0.2) is 42.6 Å². The van der Waals surface area contributed by atoms with E-state index in [4.69, 9.17) is 11.6 Å². The second-order valence-corrected chi connectivity index (χ2v) is 8.54. The fourth-order valence-electron chi connectivity index (χ4n) is 3.65. The molecule has 9 nitrogen and oxygen atoms in total. The van der Waals surface area contributed by atoms with E-state index in [0.29, 0.717) is 28.5 Å². The summed E-state index contributed by atoms with van der Waals surface area (Å²) in [5.41, 5.74) is 7.25. The highest BCUT2D eigenvalue weighted by atomic mass is 127. The highest BCUT2D eigenvalue weighted by Gasteiger charge is 2.27. The number of pyridine rings is 1. The minimum absolute atomic E-state index is 0.0307. The molecule has 1 fully saturated rings. The van der Waals surface area contributed by atoms with Gasteiger partial charge in [0.05, 0.1) is 6.04 Å². The monoisotopic (exact) mass is 531 g/mol. The van der Waals surface area contributed by atoms with Gasteiger partial charge in [-0.1, -0.05) is 18.6 Å². The van der Waals surface area contributed by atoms with E-state index in [-0.39, 0.29) is 17.6 Å². The molecule has 1 aliphatic heterocycles. The Hall–Kier alpha value is -2.99. The van der Waals surface area contributed by atoms with Crippen LogP contribution in [-0.4, -0.2) is 33.0 Å². The molecule has 3 heterocycles. The summed E-state index contributed by atoms with van der Waals surface area (Å²) in [6, 6.07) is 10.4. The molecule has 0 radical (unpaired) electrons. The van der Waals surface area contributed by atoms with Gasteiger partial charge in [-0.3, -0.25) is 9.59 Å². The van der Waals surface area contributed by atoms with E-state index in [1.165, 1.54) is 4.68 Å². The van der Waals surface area contributed by atoms with Crippen LogP contribution in [0.3, 0.4) is 0 Å². The molecule has 1 aromatic carbocycles. The van der Waals surface area contributed by atoms with E-state index < -0.39 is 5.91 Å². The number of nitrogens with one attached hydrogen (secondary N) is 2. The molecule has 1 aliphatic rings. The number of aromatic nitrogens is 3. The fraction of sp³-hybridized carbons (Fsp3) is 0.238. The summed E-state index contributed by atoms with van der Waals surface area (Å²) >= 11 is 2.15. The molecule has 0 bridgehead atoms. The van der Waals surface area contributed by atoms with Gasteiger partial charge in [0.1, 0.15) is 17.3 Å². The fourth-order valence-corrected chi connectivity index (χ4v) is 4.10. The van der Waals surface area contributed by atoms with Crippen LogP contribution in [0.4, 0.5) is 5.82 Å². The Balaban J connectivity index is 1.61. The number of nitrogen functional groups attached to an aromatic ring is 1. The van der Waals surface area contributed by atoms with Crippen molar-refractivity contribution in [2.75, 3.05) is 17.7 Å². The summed E-state index contributed by atoms with van der Waals surface area (Å²) in [5.74, 6) is 6.31. The molecular weight excluding hydrogens is 509 g/mol. The molecule has 2 amide bonds. The van der Waals surface area contributed by atoms with Crippen molar-refractivity contribution in [3.63, 3.8) is 0 Å². The van der Waals surface area contributed by atoms with Crippen molar-refractivity contribution in [1.82, 2.24) is 20.0 Å². The lowest BCUT2D eigenvalue weighted by molar-refractivity contribution is 0.0991. The zero-order chi connectivity index (χ0) is 22.0. The van der Waals surface area contributed by atoms with Crippen LogP contribution in [0.2, 0.25) is 0 Å². The number of primary amides is 1. The van der Waals surface area contributed by atoms with Gasteiger partial charge >= 0.3 is 0 Å². The van der Waals surface area contributed by atoms with Crippen molar-refractivity contribution < 1.29 is 9.59 Å². The Kier molecular flexibility index (Phi) is 6.18. The second kappa shape index (κ2) is 9.02. The SMILES string of the molecule is NC(=O)c1c(-c2ccc(C(=O)Nc3cc(I)ccn3)cc2)nc(C2CCCCN2)n1N. The number of anilines is 1. The van der Waals surface area contributed by atoms with E-state index in [2.05, 4.69) is 43.2 Å². The molecule has 2 aromatic heterocycles. The van der Waals surface area contributed by atoms with Crippen LogP contribution in [-0.2, 0) is 0 Å². The molecule has 0 spiro atoms. The Morgan fingerprint density at radius 2 is 1.97 bits per heavy atom. The Morgan fingerprint density at radius 1 is 1.19 bits per heavy atom. The molecular formula is C21H22IN7O2. The van der Waals surface area contributed by atoms with Gasteiger partial charge in [0.25, 0.3) is 11.8 Å². The minimum Gasteiger partial charge on any atom is -0.364 e. The number of piperidine rings is 1. The van der Waals surface area contributed by atoms with Gasteiger partial charge in [-0.05, 0) is 66.2 Å². The number of amides is 2. The van der Waals surface area contributed by atoms with Gasteiger partial charge in [-0.25, -0.2) is 14.6 Å². The van der Waals surface area contributed by atoms with Crippen molar-refractivity contribution in [3.8, 4) is 11.3 Å². The largest absolute Gasteiger partial charge is 0.364 e. The lowest BCUT2D eigenvalue weighted by Gasteiger charge is -2.22. The quantitative estimate of drug-likeness (QED) is 0.295. The van der Waals surface area contributed by atoms with Crippen LogP contribution in [0.25, 0.3) is 11.3 Å². The second-order valence-electron chi connectivity index (χ2n) is 7.29. The van der Waals surface area contributed by atoms with E-state index in [9.17, 15) is 9.59 Å². The molecule has 0 saturated carbocycles. The van der Waals surface area contributed by atoms with E-state index in [1.54, 1.807) is 36.5 Å². The smallest absolute Gasteiger partial charge is 0.269 e. The number of nitrogens with zero attached hydrogens (tertiary/aromatic N) is 3. The normalized spacial score (nSPS) is 16.1. The lowest BCUT2D eigenvalue weighted by Crippen LogP contribution is -2.32. The maximum absolute atomic E-state index is 12.5. The van der Waals surface area contributed by atoms with Crippen molar-refractivity contribution in [2.24, 2.45) is 5.73 Å². The summed E-state index contributed by atoms with van der Waals surface area (Å²) in [6.45, 7) is 0.873. The Labute approximate surface area is 192 Å². The molecule has 10 heteroatoms. The van der Waals surface area contributed by atoms with Crippen molar-refractivity contribution in [2.45, 2.75) is 25.3 Å². The molecule has 3 aromatic rings. The number of benzene rings is 1. The summed E-state index contributed by atoms with van der Waals surface area (Å²) in [7, 11) is 0. The molecule has 1 saturated heterocycles. The highest BCUT2D eigenvalue weighted by molar-refractivity contribution is 14.1. The van der Waals surface area contributed by atoms with Gasteiger partial charge < -0.3 is 22.2 Å². The first-order chi connectivity index (χ1) is 14.9. The zero-order valence-electron chi connectivity index (χ0n) is 16.6. The topological polar surface area (TPSA) is 141 Å². The number of carbonyl (C=O) groups excluding carboxylic acids is 2. The van der Waals surface area contributed by atoms with Crippen LogP contribution in [0, 0.1) is 3.57 Å². The van der Waals surface area contributed by atoms with Gasteiger partial charge in [0.15, 0.2) is 5.69 Å². The van der Waals surface area contributed by atoms with Crippen molar-refractivity contribution in [1.29, 1.82) is 0 Å². The first-order valence-corrected chi connectivity index (χ1v) is 11.0. The molecule has 1 unspecified atom stereocenters. The zero-order valence-corrected chi connectivity index (χ0v) is 18.8. The summed E-state index contributed by atoms with van der Waals surface area (Å²) in [6.07, 6.45) is 4.68. The summed E-state index contributed by atoms with van der Waals surface area (Å²) < 4.78 is 2.25. The van der Waals surface area contributed by atoms with Crippen molar-refractivity contribution >= 4 is 40.2 Å². The van der Waals surface area contributed by atoms with Crippen LogP contribution < -0.4 is 22.2 Å². The molecule has 1 atom stereocenters. The number of rotatable bonds is 5. The first-order valence-electron chi connectivity index (χ1n) is 9.88. The number of hydrogen-bond donors (Lipinski definition) is 4. The summed E-state index contributed by atoms with van der Waals surface area (Å²) in [4.78, 5) is 33.4. The third-order valence-electron chi connectivity index (χ3n) is 5.18. The number of hydrogen-bond acceptors (Lipinski definition) is 6. The number of nitrogens with two attached hydrogens (primary N) is 2. The van der Waals surface area contributed by atoms with Gasteiger partial charge in [-0.2, -0.15) is 0 Å². The number of halogens is 1. The Morgan fingerprint density at radius 3 is 2.61 bits per heavy atom. The highest BCUT2D eigenvalue weighted by Crippen LogP contribution is 2.29. The first kappa shape index (κ1) is 21.2. The average molecular weight is 531 g/mol. The molecule has 160 valence electrons. The third kappa shape index (κ3) is 4.54. The summed E-state index contributed by atoms with van der Waals surface area (Å²) in [5, 5.41) is 6.15. The van der Waals surface area contributed by atoms with Crippen molar-refractivity contribution in [3.05, 3.63) is 63.2 Å². The number of carbonyl (C=O) groups is 2. The predicted molar refractivity (Wildman–Crippen MR) is 126 cm³/mol. The van der Waals surface area contributed by atoms with Gasteiger partial charge in [0, 0.05) is 20.9 Å². The molecule has 31 heavy (non-hydrogen) atoms. The lowest BCUT2D eigenvalue weighted by atomic mass is 10.0. The van der Waals surface area contributed by atoms with E-state index in [0.717, 1.165) is 29.4 Å². The van der Waals surface area contributed by atoms with Gasteiger partial charge in [0.2, 0.25) is 0 Å². The molecule has 6 N–H and O–H groups in total. The van der Waals surface area contributed by atoms with Gasteiger partial charge in [-0.15, -0.1) is 0 Å². The minimum atomic E-state index is -0.654. The third-order valence-corrected chi connectivity index (χ3v) is 5.85. The standard InChI is InChI=1S/C21H22IN7O2/c22-14-8-10-26-16(11-14)27-21(31)13-6-4-12(5-7-13)17-18(19(23)30)29(24)20(28-17)15-3-1-2-9-25-15/h4-8,10-11,15,25H,1-3,9,24H2,(H2,23,30)(H,26,27,31). The average Bonchev–Trinajstić information content (AvgIpc) is 3.12. The maximum atomic E-state index is 12.5. The Bertz CT molecular complexity index is 1120. The predicted octanol–water partition coefficient (Wildman–Crippen LogP) is 2.43. The van der Waals surface area contributed by atoms with Crippen LogP contribution in [0.5, 0.6) is 0 Å².